The Bertz CT molecular complexity index is 406. The molecule has 1 atom stereocenters. The normalized spacial score (nSPS) is 20.6. The molecule has 1 aromatic carbocycles. The number of amides is 1. The maximum Gasteiger partial charge on any atom is 0.248 e. The summed E-state index contributed by atoms with van der Waals surface area (Å²) in [6.45, 7) is 1.98. The van der Waals surface area contributed by atoms with E-state index in [4.69, 9.17) is 5.73 Å². The summed E-state index contributed by atoms with van der Waals surface area (Å²) in [5.74, 6) is -0.396. The van der Waals surface area contributed by atoms with Gasteiger partial charge in [-0.1, -0.05) is 12.1 Å². The first-order valence-corrected chi connectivity index (χ1v) is 5.94. The van der Waals surface area contributed by atoms with Gasteiger partial charge in [-0.25, -0.2) is 0 Å². The van der Waals surface area contributed by atoms with Crippen LogP contribution < -0.4 is 5.73 Å². The van der Waals surface area contributed by atoms with Gasteiger partial charge in [-0.15, -0.1) is 0 Å². The third kappa shape index (κ3) is 2.84. The largest absolute Gasteiger partial charge is 0.395 e. The van der Waals surface area contributed by atoms with Gasteiger partial charge >= 0.3 is 0 Å². The number of hydrogen-bond donors (Lipinski definition) is 2. The van der Waals surface area contributed by atoms with Crippen molar-refractivity contribution in [2.45, 2.75) is 25.4 Å². The summed E-state index contributed by atoms with van der Waals surface area (Å²) in [6, 6.07) is 7.64. The molecule has 0 radical (unpaired) electrons. The molecule has 3 N–H and O–H groups in total. The van der Waals surface area contributed by atoms with Gasteiger partial charge in [-0.2, -0.15) is 0 Å². The molecule has 1 aliphatic rings. The maximum atomic E-state index is 11.1. The van der Waals surface area contributed by atoms with Gasteiger partial charge in [-0.3, -0.25) is 9.69 Å². The van der Waals surface area contributed by atoms with Crippen LogP contribution in [0.15, 0.2) is 24.3 Å². The first-order valence-electron chi connectivity index (χ1n) is 5.94. The monoisotopic (exact) mass is 234 g/mol. The van der Waals surface area contributed by atoms with E-state index >= 15 is 0 Å². The fraction of sp³-hybridized carbons (Fsp3) is 0.462. The first-order chi connectivity index (χ1) is 8.20. The standard InChI is InChI=1S/C13H18N2O2/c14-13(17)11-4-1-3-10(7-11)8-15-6-2-5-12(15)9-16/h1,3-4,7,12,16H,2,5-6,8-9H2,(H2,14,17). The van der Waals surface area contributed by atoms with Gasteiger partial charge in [0.05, 0.1) is 6.61 Å². The maximum absolute atomic E-state index is 11.1. The van der Waals surface area contributed by atoms with Crippen molar-refractivity contribution in [2.24, 2.45) is 5.73 Å². The van der Waals surface area contributed by atoms with Crippen LogP contribution in [0.3, 0.4) is 0 Å². The van der Waals surface area contributed by atoms with Crippen LogP contribution in [0.1, 0.15) is 28.8 Å². The van der Waals surface area contributed by atoms with Gasteiger partial charge < -0.3 is 10.8 Å². The molecule has 1 heterocycles. The van der Waals surface area contributed by atoms with Gasteiger partial charge in [0.2, 0.25) is 5.91 Å². The van der Waals surface area contributed by atoms with Crippen molar-refractivity contribution < 1.29 is 9.90 Å². The Labute approximate surface area is 101 Å². The lowest BCUT2D eigenvalue weighted by Crippen LogP contribution is -2.31. The molecule has 0 bridgehead atoms. The highest BCUT2D eigenvalue weighted by atomic mass is 16.3. The number of rotatable bonds is 4. The van der Waals surface area contributed by atoms with Crippen molar-refractivity contribution in [1.82, 2.24) is 4.90 Å². The number of aliphatic hydroxyl groups excluding tert-OH is 1. The first kappa shape index (κ1) is 12.1. The van der Waals surface area contributed by atoms with Crippen LogP contribution in [0.5, 0.6) is 0 Å². The quantitative estimate of drug-likeness (QED) is 0.807. The number of primary amides is 1. The number of nitrogens with two attached hydrogens (primary N) is 1. The molecular weight excluding hydrogens is 216 g/mol. The minimum Gasteiger partial charge on any atom is -0.395 e. The fourth-order valence-electron chi connectivity index (χ4n) is 2.37. The molecule has 0 aliphatic carbocycles. The van der Waals surface area contributed by atoms with Crippen molar-refractivity contribution in [3.8, 4) is 0 Å². The van der Waals surface area contributed by atoms with Crippen molar-refractivity contribution in [3.05, 3.63) is 35.4 Å². The zero-order valence-electron chi connectivity index (χ0n) is 9.80. The average Bonchev–Trinajstić information content (AvgIpc) is 2.76. The predicted octanol–water partition coefficient (Wildman–Crippen LogP) is 0.742. The van der Waals surface area contributed by atoms with E-state index in [1.165, 1.54) is 0 Å². The smallest absolute Gasteiger partial charge is 0.248 e. The van der Waals surface area contributed by atoms with Gasteiger partial charge in [0.25, 0.3) is 0 Å². The van der Waals surface area contributed by atoms with Crippen LogP contribution in [0.4, 0.5) is 0 Å². The average molecular weight is 234 g/mol. The number of benzene rings is 1. The molecule has 92 valence electrons. The molecule has 1 aliphatic heterocycles. The van der Waals surface area contributed by atoms with Crippen LogP contribution in [0.2, 0.25) is 0 Å². The van der Waals surface area contributed by atoms with Crippen LogP contribution in [0.25, 0.3) is 0 Å². The Morgan fingerprint density at radius 1 is 1.53 bits per heavy atom. The molecule has 1 fully saturated rings. The van der Waals surface area contributed by atoms with E-state index in [0.717, 1.165) is 31.5 Å². The van der Waals surface area contributed by atoms with E-state index in [0.29, 0.717) is 5.56 Å². The van der Waals surface area contributed by atoms with Crippen molar-refractivity contribution in [2.75, 3.05) is 13.2 Å². The molecule has 1 saturated heterocycles. The third-order valence-corrected chi connectivity index (χ3v) is 3.31. The van der Waals surface area contributed by atoms with Gasteiger partial charge in [0.15, 0.2) is 0 Å². The highest BCUT2D eigenvalue weighted by molar-refractivity contribution is 5.92. The fourth-order valence-corrected chi connectivity index (χ4v) is 2.37. The van der Waals surface area contributed by atoms with Gasteiger partial charge in [0, 0.05) is 18.2 Å². The summed E-state index contributed by atoms with van der Waals surface area (Å²) in [4.78, 5) is 13.3. The molecule has 2 rings (SSSR count). The number of aliphatic hydroxyl groups is 1. The Morgan fingerprint density at radius 3 is 3.06 bits per heavy atom. The summed E-state index contributed by atoms with van der Waals surface area (Å²) in [7, 11) is 0. The van der Waals surface area contributed by atoms with E-state index < -0.39 is 5.91 Å². The second-order valence-corrected chi connectivity index (χ2v) is 4.51. The molecule has 0 aromatic heterocycles. The second kappa shape index (κ2) is 5.29. The number of hydrogen-bond acceptors (Lipinski definition) is 3. The number of nitrogens with zero attached hydrogens (tertiary/aromatic N) is 1. The van der Waals surface area contributed by atoms with Crippen molar-refractivity contribution >= 4 is 5.91 Å². The number of likely N-dealkylation sites (tertiary alicyclic amines) is 1. The molecular formula is C13H18N2O2. The number of carbonyl (C=O) groups is 1. The SMILES string of the molecule is NC(=O)c1cccc(CN2CCCC2CO)c1. The summed E-state index contributed by atoms with van der Waals surface area (Å²) in [6.07, 6.45) is 2.17. The second-order valence-electron chi connectivity index (χ2n) is 4.51. The minimum atomic E-state index is -0.396. The molecule has 1 unspecified atom stereocenters. The van der Waals surface area contributed by atoms with E-state index in [2.05, 4.69) is 4.90 Å². The molecule has 17 heavy (non-hydrogen) atoms. The Morgan fingerprint density at radius 2 is 2.35 bits per heavy atom. The Hall–Kier alpha value is -1.39. The summed E-state index contributed by atoms with van der Waals surface area (Å²) in [5.41, 5.74) is 6.87. The molecule has 0 saturated carbocycles. The molecule has 1 aromatic rings. The van der Waals surface area contributed by atoms with Crippen LogP contribution in [0, 0.1) is 0 Å². The zero-order chi connectivity index (χ0) is 12.3. The van der Waals surface area contributed by atoms with E-state index in [9.17, 15) is 9.90 Å². The zero-order valence-corrected chi connectivity index (χ0v) is 9.80. The minimum absolute atomic E-state index is 0.204. The summed E-state index contributed by atoms with van der Waals surface area (Å²) < 4.78 is 0. The van der Waals surface area contributed by atoms with Crippen molar-refractivity contribution in [3.63, 3.8) is 0 Å². The van der Waals surface area contributed by atoms with Crippen LogP contribution in [-0.2, 0) is 6.54 Å². The Kier molecular flexibility index (Phi) is 3.76. The lowest BCUT2D eigenvalue weighted by Gasteiger charge is -2.22. The summed E-state index contributed by atoms with van der Waals surface area (Å²) >= 11 is 0. The predicted molar refractivity (Wildman–Crippen MR) is 65.5 cm³/mol. The van der Waals surface area contributed by atoms with Crippen LogP contribution in [-0.4, -0.2) is 35.1 Å². The highest BCUT2D eigenvalue weighted by Gasteiger charge is 2.23. The topological polar surface area (TPSA) is 66.6 Å². The highest BCUT2D eigenvalue weighted by Crippen LogP contribution is 2.19. The molecule has 0 spiro atoms. The van der Waals surface area contributed by atoms with Crippen molar-refractivity contribution in [1.29, 1.82) is 0 Å². The molecule has 1 amide bonds. The molecule has 4 nitrogen and oxygen atoms in total. The van der Waals surface area contributed by atoms with E-state index in [-0.39, 0.29) is 12.6 Å². The van der Waals surface area contributed by atoms with E-state index in [1.807, 2.05) is 18.2 Å². The number of carbonyl (C=O) groups excluding carboxylic acids is 1. The van der Waals surface area contributed by atoms with Crippen LogP contribution >= 0.6 is 0 Å². The Balaban J connectivity index is 2.07. The van der Waals surface area contributed by atoms with Gasteiger partial charge in [0.1, 0.15) is 0 Å². The lowest BCUT2D eigenvalue weighted by molar-refractivity contribution is 0.1000. The van der Waals surface area contributed by atoms with Gasteiger partial charge in [-0.05, 0) is 37.1 Å². The van der Waals surface area contributed by atoms with E-state index in [1.54, 1.807) is 6.07 Å². The summed E-state index contributed by atoms with van der Waals surface area (Å²) in [5, 5.41) is 9.24. The lowest BCUT2D eigenvalue weighted by atomic mass is 10.1. The third-order valence-electron chi connectivity index (χ3n) is 3.31. The molecule has 4 heteroatoms.